The van der Waals surface area contributed by atoms with Crippen molar-refractivity contribution in [1.29, 1.82) is 0 Å². The quantitative estimate of drug-likeness (QED) is 0.792. The van der Waals surface area contributed by atoms with Gasteiger partial charge in [0.05, 0.1) is 18.4 Å². The summed E-state index contributed by atoms with van der Waals surface area (Å²) < 4.78 is 4.70. The Kier molecular flexibility index (Phi) is 6.23. The highest BCUT2D eigenvalue weighted by Gasteiger charge is 2.19. The molecule has 0 aliphatic carbocycles. The van der Waals surface area contributed by atoms with Crippen LogP contribution in [0.15, 0.2) is 24.3 Å². The first-order chi connectivity index (χ1) is 13.0. The van der Waals surface area contributed by atoms with Crippen LogP contribution in [0.25, 0.3) is 0 Å². The molecule has 2 aromatic rings. The predicted molar refractivity (Wildman–Crippen MR) is 106 cm³/mol. The van der Waals surface area contributed by atoms with E-state index in [0.717, 1.165) is 31.2 Å². The minimum Gasteiger partial charge on any atom is -0.465 e. The first-order valence-corrected chi connectivity index (χ1v) is 9.96. The number of esters is 1. The zero-order valence-corrected chi connectivity index (χ0v) is 16.8. The number of carbonyl (C=O) groups excluding carboxylic acids is 2. The SMILES string of the molecule is COC(=O)c1cccc(C(=O)Nc2nc(C)c(CN3CCC(C)CC3)s2)c1. The van der Waals surface area contributed by atoms with Gasteiger partial charge >= 0.3 is 5.97 Å². The van der Waals surface area contributed by atoms with Crippen LogP contribution in [0, 0.1) is 12.8 Å². The number of aromatic nitrogens is 1. The lowest BCUT2D eigenvalue weighted by molar-refractivity contribution is 0.0600. The molecule has 1 amide bonds. The van der Waals surface area contributed by atoms with E-state index in [1.807, 2.05) is 6.92 Å². The van der Waals surface area contributed by atoms with E-state index in [1.54, 1.807) is 18.2 Å². The van der Waals surface area contributed by atoms with Gasteiger partial charge in [0.2, 0.25) is 0 Å². The summed E-state index contributed by atoms with van der Waals surface area (Å²) in [6.07, 6.45) is 2.47. The van der Waals surface area contributed by atoms with Crippen LogP contribution >= 0.6 is 11.3 Å². The van der Waals surface area contributed by atoms with Crippen molar-refractivity contribution < 1.29 is 14.3 Å². The largest absolute Gasteiger partial charge is 0.465 e. The second-order valence-corrected chi connectivity index (χ2v) is 8.10. The van der Waals surface area contributed by atoms with Gasteiger partial charge in [-0.05, 0) is 57.0 Å². The standard InChI is InChI=1S/C20H25N3O3S/c1-13-7-9-23(10-8-13)12-17-14(2)21-20(27-17)22-18(24)15-5-4-6-16(11-15)19(25)26-3/h4-6,11,13H,7-10,12H2,1-3H3,(H,21,22,24). The van der Waals surface area contributed by atoms with Crippen LogP contribution in [0.1, 0.15) is 51.1 Å². The number of hydrogen-bond donors (Lipinski definition) is 1. The van der Waals surface area contributed by atoms with E-state index in [-0.39, 0.29) is 5.91 Å². The molecule has 1 aliphatic rings. The maximum absolute atomic E-state index is 12.5. The molecule has 0 atom stereocenters. The fourth-order valence-corrected chi connectivity index (χ4v) is 4.13. The van der Waals surface area contributed by atoms with Gasteiger partial charge in [-0.1, -0.05) is 13.0 Å². The van der Waals surface area contributed by atoms with Crippen molar-refractivity contribution in [3.8, 4) is 0 Å². The number of likely N-dealkylation sites (tertiary alicyclic amines) is 1. The highest BCUT2D eigenvalue weighted by molar-refractivity contribution is 7.15. The molecule has 27 heavy (non-hydrogen) atoms. The van der Waals surface area contributed by atoms with Crippen molar-refractivity contribution in [1.82, 2.24) is 9.88 Å². The normalized spacial score (nSPS) is 15.5. The summed E-state index contributed by atoms with van der Waals surface area (Å²) in [6, 6.07) is 6.47. The molecule has 0 spiro atoms. The Bertz CT molecular complexity index is 826. The number of nitrogens with zero attached hydrogens (tertiary/aromatic N) is 2. The Morgan fingerprint density at radius 3 is 2.70 bits per heavy atom. The molecule has 1 aromatic carbocycles. The van der Waals surface area contributed by atoms with Crippen molar-refractivity contribution in [2.45, 2.75) is 33.2 Å². The zero-order valence-electron chi connectivity index (χ0n) is 15.9. The van der Waals surface area contributed by atoms with Gasteiger partial charge in [0.25, 0.3) is 5.91 Å². The Morgan fingerprint density at radius 1 is 1.30 bits per heavy atom. The summed E-state index contributed by atoms with van der Waals surface area (Å²) in [5.74, 6) is 0.0557. The van der Waals surface area contributed by atoms with Gasteiger partial charge in [0.15, 0.2) is 5.13 Å². The van der Waals surface area contributed by atoms with E-state index in [0.29, 0.717) is 16.3 Å². The molecule has 1 saturated heterocycles. The summed E-state index contributed by atoms with van der Waals surface area (Å²) in [7, 11) is 1.32. The number of ether oxygens (including phenoxy) is 1. The average molecular weight is 388 g/mol. The van der Waals surface area contributed by atoms with E-state index in [9.17, 15) is 9.59 Å². The van der Waals surface area contributed by atoms with E-state index in [4.69, 9.17) is 4.74 Å². The Labute approximate surface area is 163 Å². The van der Waals surface area contributed by atoms with Gasteiger partial charge in [-0.15, -0.1) is 11.3 Å². The molecule has 0 saturated carbocycles. The first kappa shape index (κ1) is 19.5. The lowest BCUT2D eigenvalue weighted by atomic mass is 9.99. The maximum Gasteiger partial charge on any atom is 0.337 e. The molecule has 6 nitrogen and oxygen atoms in total. The fraction of sp³-hybridized carbons (Fsp3) is 0.450. The van der Waals surface area contributed by atoms with Gasteiger partial charge in [-0.25, -0.2) is 9.78 Å². The van der Waals surface area contributed by atoms with Crippen molar-refractivity contribution in [2.24, 2.45) is 5.92 Å². The number of anilines is 1. The number of nitrogens with one attached hydrogen (secondary N) is 1. The Morgan fingerprint density at radius 2 is 2.00 bits per heavy atom. The molecular weight excluding hydrogens is 362 g/mol. The number of thiazole rings is 1. The maximum atomic E-state index is 12.5. The minimum atomic E-state index is -0.465. The number of hydrogen-bond acceptors (Lipinski definition) is 6. The van der Waals surface area contributed by atoms with Crippen molar-refractivity contribution in [3.63, 3.8) is 0 Å². The molecular formula is C20H25N3O3S. The van der Waals surface area contributed by atoms with Gasteiger partial charge < -0.3 is 4.74 Å². The summed E-state index contributed by atoms with van der Waals surface area (Å²) in [5.41, 5.74) is 1.70. The highest BCUT2D eigenvalue weighted by atomic mass is 32.1. The van der Waals surface area contributed by atoms with Gasteiger partial charge in [0, 0.05) is 17.0 Å². The molecule has 7 heteroatoms. The van der Waals surface area contributed by atoms with Crippen LogP contribution in [-0.2, 0) is 11.3 Å². The number of carbonyl (C=O) groups is 2. The number of aryl methyl sites for hydroxylation is 1. The van der Waals surface area contributed by atoms with Crippen molar-refractivity contribution >= 4 is 28.3 Å². The number of piperidine rings is 1. The lowest BCUT2D eigenvalue weighted by Crippen LogP contribution is -2.32. The number of amides is 1. The summed E-state index contributed by atoms with van der Waals surface area (Å²) in [6.45, 7) is 7.38. The van der Waals surface area contributed by atoms with E-state index < -0.39 is 5.97 Å². The molecule has 1 aliphatic heterocycles. The number of rotatable bonds is 5. The monoisotopic (exact) mass is 387 g/mol. The summed E-state index contributed by atoms with van der Waals surface area (Å²) >= 11 is 1.52. The Balaban J connectivity index is 1.66. The summed E-state index contributed by atoms with van der Waals surface area (Å²) in [4.78, 5) is 32.3. The molecule has 3 rings (SSSR count). The first-order valence-electron chi connectivity index (χ1n) is 9.14. The van der Waals surface area contributed by atoms with E-state index in [2.05, 4.69) is 22.1 Å². The van der Waals surface area contributed by atoms with Crippen LogP contribution in [0.5, 0.6) is 0 Å². The molecule has 144 valence electrons. The molecule has 1 aromatic heterocycles. The highest BCUT2D eigenvalue weighted by Crippen LogP contribution is 2.26. The number of methoxy groups -OCH3 is 1. The molecule has 0 unspecified atom stereocenters. The van der Waals surface area contributed by atoms with E-state index >= 15 is 0 Å². The third kappa shape index (κ3) is 4.93. The van der Waals surface area contributed by atoms with Crippen molar-refractivity contribution in [2.75, 3.05) is 25.5 Å². The average Bonchev–Trinajstić information content (AvgIpc) is 3.01. The van der Waals surface area contributed by atoms with E-state index in [1.165, 1.54) is 42.2 Å². The molecule has 2 heterocycles. The third-order valence-electron chi connectivity index (χ3n) is 4.90. The minimum absolute atomic E-state index is 0.284. The molecule has 0 radical (unpaired) electrons. The van der Waals surface area contributed by atoms with Crippen LogP contribution in [0.4, 0.5) is 5.13 Å². The fourth-order valence-electron chi connectivity index (χ4n) is 3.13. The third-order valence-corrected chi connectivity index (χ3v) is 5.96. The van der Waals surface area contributed by atoms with Crippen molar-refractivity contribution in [3.05, 3.63) is 46.0 Å². The van der Waals surface area contributed by atoms with Crippen LogP contribution in [-0.4, -0.2) is 42.0 Å². The second-order valence-electron chi connectivity index (χ2n) is 7.01. The second kappa shape index (κ2) is 8.63. The smallest absolute Gasteiger partial charge is 0.337 e. The predicted octanol–water partition coefficient (Wildman–Crippen LogP) is 3.72. The van der Waals surface area contributed by atoms with Gasteiger partial charge in [-0.2, -0.15) is 0 Å². The van der Waals surface area contributed by atoms with Crippen LogP contribution < -0.4 is 5.32 Å². The summed E-state index contributed by atoms with van der Waals surface area (Å²) in [5, 5.41) is 3.43. The van der Waals surface area contributed by atoms with Crippen LogP contribution in [0.3, 0.4) is 0 Å². The molecule has 0 bridgehead atoms. The van der Waals surface area contributed by atoms with Gasteiger partial charge in [-0.3, -0.25) is 15.0 Å². The molecule has 1 N–H and O–H groups in total. The molecule has 1 fully saturated rings. The van der Waals surface area contributed by atoms with Gasteiger partial charge in [0.1, 0.15) is 0 Å². The Hall–Kier alpha value is -2.25. The zero-order chi connectivity index (χ0) is 19.4. The van der Waals surface area contributed by atoms with Crippen LogP contribution in [0.2, 0.25) is 0 Å². The lowest BCUT2D eigenvalue weighted by Gasteiger charge is -2.29. The number of benzene rings is 1. The topological polar surface area (TPSA) is 71.5 Å².